The number of benzene rings is 2. The summed E-state index contributed by atoms with van der Waals surface area (Å²) in [5.74, 6) is -0.0621. The molecular formula is C25H31N3O5S. The quantitative estimate of drug-likeness (QED) is 0.640. The van der Waals surface area contributed by atoms with E-state index in [2.05, 4.69) is 17.3 Å². The minimum absolute atomic E-state index is 0.0263. The number of piperidine rings is 1. The zero-order chi connectivity index (χ0) is 23.9. The molecule has 0 bridgehead atoms. The number of hydrogen-bond acceptors (Lipinski definition) is 6. The Bertz CT molecular complexity index is 1160. The van der Waals surface area contributed by atoms with Gasteiger partial charge in [-0.15, -0.1) is 0 Å². The molecule has 8 nitrogen and oxygen atoms in total. The lowest BCUT2D eigenvalue weighted by molar-refractivity contribution is -0.127. The van der Waals surface area contributed by atoms with Crippen LogP contribution in [0.5, 0.6) is 5.75 Å². The number of rotatable bonds is 1. The smallest absolute Gasteiger partial charge is 0.247 e. The molecule has 9 heteroatoms. The zero-order valence-electron chi connectivity index (χ0n) is 19.3. The average Bonchev–Trinajstić information content (AvgIpc) is 3.24. The molecule has 2 aromatic rings. The third-order valence-electron chi connectivity index (χ3n) is 7.34. The fourth-order valence-electron chi connectivity index (χ4n) is 5.24. The van der Waals surface area contributed by atoms with Gasteiger partial charge in [0.05, 0.1) is 12.7 Å². The summed E-state index contributed by atoms with van der Waals surface area (Å²) in [6.07, 6.45) is 1.29. The van der Waals surface area contributed by atoms with Crippen LogP contribution in [0, 0.1) is 0 Å². The molecule has 0 aromatic heterocycles. The van der Waals surface area contributed by atoms with Crippen LogP contribution < -0.4 is 10.1 Å². The number of nitrogens with zero attached hydrogens (tertiary/aromatic N) is 2. The van der Waals surface area contributed by atoms with Gasteiger partial charge >= 0.3 is 0 Å². The molecule has 3 heterocycles. The van der Waals surface area contributed by atoms with Crippen molar-refractivity contribution in [2.75, 3.05) is 33.3 Å². The van der Waals surface area contributed by atoms with Crippen LogP contribution in [0.15, 0.2) is 53.4 Å². The number of hydrogen-bond donors (Lipinski definition) is 2. The van der Waals surface area contributed by atoms with Gasteiger partial charge in [-0.1, -0.05) is 36.4 Å². The summed E-state index contributed by atoms with van der Waals surface area (Å²) in [5, 5.41) is 13.5. The summed E-state index contributed by atoms with van der Waals surface area (Å²) in [4.78, 5) is 15.6. The lowest BCUT2D eigenvalue weighted by atomic mass is 9.84. The number of fused-ring (bicyclic) bond motifs is 2. The molecule has 0 radical (unpaired) electrons. The molecule has 1 spiro atoms. The largest absolute Gasteiger partial charge is 0.492 e. The predicted molar refractivity (Wildman–Crippen MR) is 128 cm³/mol. The van der Waals surface area contributed by atoms with Crippen LogP contribution in [0.3, 0.4) is 0 Å². The Morgan fingerprint density at radius 1 is 1.06 bits per heavy atom. The van der Waals surface area contributed by atoms with E-state index in [1.54, 1.807) is 18.2 Å². The summed E-state index contributed by atoms with van der Waals surface area (Å²) in [6, 6.07) is 13.8. The number of carbonyl (C=O) groups excluding carboxylic acids is 1. The average molecular weight is 486 g/mol. The Hall–Kier alpha value is -2.46. The van der Waals surface area contributed by atoms with Crippen LogP contribution >= 0.6 is 0 Å². The lowest BCUT2D eigenvalue weighted by Gasteiger charge is -2.42. The van der Waals surface area contributed by atoms with E-state index in [0.29, 0.717) is 6.42 Å². The van der Waals surface area contributed by atoms with Crippen molar-refractivity contribution in [1.82, 2.24) is 14.5 Å². The Labute approximate surface area is 200 Å². The second-order valence-corrected chi connectivity index (χ2v) is 11.5. The molecule has 0 unspecified atom stereocenters. The van der Waals surface area contributed by atoms with E-state index >= 15 is 0 Å². The number of aliphatic hydroxyl groups is 1. The van der Waals surface area contributed by atoms with Crippen molar-refractivity contribution in [2.24, 2.45) is 0 Å². The van der Waals surface area contributed by atoms with Gasteiger partial charge in [-0.25, -0.2) is 8.42 Å². The van der Waals surface area contributed by atoms with Gasteiger partial charge in [0, 0.05) is 38.0 Å². The second kappa shape index (κ2) is 8.96. The summed E-state index contributed by atoms with van der Waals surface area (Å²) in [7, 11) is -2.02. The Morgan fingerprint density at radius 2 is 1.79 bits per heavy atom. The molecule has 2 atom stereocenters. The molecule has 2 saturated heterocycles. The van der Waals surface area contributed by atoms with Crippen LogP contribution in [0.25, 0.3) is 11.1 Å². The number of carbonyl (C=O) groups is 1. The first-order valence-corrected chi connectivity index (χ1v) is 13.2. The molecule has 2 aromatic carbocycles. The van der Waals surface area contributed by atoms with E-state index in [1.807, 2.05) is 30.3 Å². The summed E-state index contributed by atoms with van der Waals surface area (Å²) in [6.45, 7) is 1.85. The van der Waals surface area contributed by atoms with Crippen molar-refractivity contribution in [3.63, 3.8) is 0 Å². The monoisotopic (exact) mass is 485 g/mol. The molecule has 182 valence electrons. The number of amides is 1. The summed E-state index contributed by atoms with van der Waals surface area (Å²) < 4.78 is 34.8. The van der Waals surface area contributed by atoms with Crippen molar-refractivity contribution >= 4 is 15.9 Å². The molecule has 2 N–H and O–H groups in total. The topological polar surface area (TPSA) is 99.2 Å². The SMILES string of the molecule is CN1CCC2(CCOc3cc(-c4ccccc4)ccc3S(=O)(=O)N3C[C@H](O)C[C@H]3C(=O)N2)CC1. The highest BCUT2D eigenvalue weighted by Gasteiger charge is 2.47. The maximum atomic E-state index is 13.7. The molecular weight excluding hydrogens is 454 g/mol. The van der Waals surface area contributed by atoms with Crippen molar-refractivity contribution < 1.29 is 23.1 Å². The zero-order valence-corrected chi connectivity index (χ0v) is 20.1. The Morgan fingerprint density at radius 3 is 2.53 bits per heavy atom. The van der Waals surface area contributed by atoms with Gasteiger partial charge in [-0.05, 0) is 43.1 Å². The molecule has 0 saturated carbocycles. The summed E-state index contributed by atoms with van der Waals surface area (Å²) in [5.41, 5.74) is 1.35. The van der Waals surface area contributed by atoms with Gasteiger partial charge in [0.1, 0.15) is 16.7 Å². The van der Waals surface area contributed by atoms with Crippen molar-refractivity contribution in [3.8, 4) is 16.9 Å². The standard InChI is InChI=1S/C25H31N3O5S/c1-27-12-9-25(10-13-27)11-14-33-22-15-19(18-5-3-2-4-6-18)7-8-23(22)34(31,32)28-17-20(29)16-21(28)24(30)26-25/h2-8,15,20-21,29H,9-14,16-17H2,1H3,(H,26,30)/t20-,21+/m1/s1. The first kappa shape index (κ1) is 23.3. The second-order valence-electron chi connectivity index (χ2n) is 9.68. The number of sulfonamides is 1. The van der Waals surface area contributed by atoms with Gasteiger partial charge in [-0.2, -0.15) is 4.31 Å². The first-order chi connectivity index (χ1) is 16.3. The van der Waals surface area contributed by atoms with E-state index in [-0.39, 0.29) is 36.1 Å². The third-order valence-corrected chi connectivity index (χ3v) is 9.26. The minimum Gasteiger partial charge on any atom is -0.492 e. The highest BCUT2D eigenvalue weighted by molar-refractivity contribution is 7.89. The van der Waals surface area contributed by atoms with E-state index in [9.17, 15) is 18.3 Å². The van der Waals surface area contributed by atoms with Gasteiger partial charge in [-0.3, -0.25) is 4.79 Å². The van der Waals surface area contributed by atoms with Gasteiger partial charge in [0.2, 0.25) is 15.9 Å². The minimum atomic E-state index is -4.07. The van der Waals surface area contributed by atoms with E-state index in [0.717, 1.165) is 41.4 Å². The van der Waals surface area contributed by atoms with Crippen molar-refractivity contribution in [2.45, 2.75) is 48.3 Å². The molecule has 2 fully saturated rings. The number of nitrogens with one attached hydrogen (secondary N) is 1. The Kier molecular flexibility index (Phi) is 6.14. The first-order valence-electron chi connectivity index (χ1n) is 11.8. The number of likely N-dealkylation sites (tertiary alicyclic amines) is 1. The molecule has 0 aliphatic carbocycles. The molecule has 3 aliphatic rings. The molecule has 1 amide bonds. The number of ether oxygens (including phenoxy) is 1. The maximum Gasteiger partial charge on any atom is 0.247 e. The van der Waals surface area contributed by atoms with Crippen LogP contribution in [-0.4, -0.2) is 79.6 Å². The van der Waals surface area contributed by atoms with E-state index in [1.165, 1.54) is 0 Å². The third kappa shape index (κ3) is 4.33. The van der Waals surface area contributed by atoms with Gasteiger partial charge < -0.3 is 20.1 Å². The summed E-state index contributed by atoms with van der Waals surface area (Å²) >= 11 is 0. The van der Waals surface area contributed by atoms with Crippen LogP contribution in [-0.2, 0) is 14.8 Å². The lowest BCUT2D eigenvalue weighted by Crippen LogP contribution is -2.58. The van der Waals surface area contributed by atoms with E-state index < -0.39 is 27.7 Å². The molecule has 5 rings (SSSR count). The Balaban J connectivity index is 1.58. The molecule has 3 aliphatic heterocycles. The number of aliphatic hydroxyl groups excluding tert-OH is 1. The predicted octanol–water partition coefficient (Wildman–Crippen LogP) is 1.84. The normalized spacial score (nSPS) is 27.2. The van der Waals surface area contributed by atoms with Gasteiger partial charge in [0.15, 0.2) is 0 Å². The fraction of sp³-hybridized carbons (Fsp3) is 0.480. The van der Waals surface area contributed by atoms with Crippen LogP contribution in [0.1, 0.15) is 25.7 Å². The highest BCUT2D eigenvalue weighted by Crippen LogP contribution is 2.37. The van der Waals surface area contributed by atoms with Crippen molar-refractivity contribution in [1.29, 1.82) is 0 Å². The highest BCUT2D eigenvalue weighted by atomic mass is 32.2. The van der Waals surface area contributed by atoms with Crippen LogP contribution in [0.2, 0.25) is 0 Å². The molecule has 34 heavy (non-hydrogen) atoms. The van der Waals surface area contributed by atoms with E-state index in [4.69, 9.17) is 4.74 Å². The van der Waals surface area contributed by atoms with Gasteiger partial charge in [0.25, 0.3) is 0 Å². The fourth-order valence-corrected chi connectivity index (χ4v) is 6.99. The van der Waals surface area contributed by atoms with Crippen LogP contribution in [0.4, 0.5) is 0 Å². The van der Waals surface area contributed by atoms with Crippen molar-refractivity contribution in [3.05, 3.63) is 48.5 Å². The maximum absolute atomic E-state index is 13.7.